The molecular formula is C18F34O8. The second-order valence-electron chi connectivity index (χ2n) is 9.73. The van der Waals surface area contributed by atoms with E-state index in [0.717, 1.165) is 9.47 Å². The van der Waals surface area contributed by atoms with Crippen LogP contribution in [0.5, 0.6) is 0 Å². The third kappa shape index (κ3) is 9.56. The Labute approximate surface area is 298 Å². The summed E-state index contributed by atoms with van der Waals surface area (Å²) in [5.74, 6) is -61.8. The van der Waals surface area contributed by atoms with Crippen molar-refractivity contribution < 1.29 is 188 Å². The van der Waals surface area contributed by atoms with Crippen LogP contribution in [0.1, 0.15) is 0 Å². The Kier molecular flexibility index (Phi) is 14.1. The normalized spacial score (nSPS) is 19.4. The Balaban J connectivity index is 7.28. The fraction of sp³-hybridized carbons (Fsp3) is 0.889. The van der Waals surface area contributed by atoms with E-state index in [1.165, 1.54) is 9.47 Å². The van der Waals surface area contributed by atoms with E-state index in [1.807, 2.05) is 0 Å². The zero-order valence-electron chi connectivity index (χ0n) is 25.1. The molecule has 358 valence electrons. The summed E-state index contributed by atoms with van der Waals surface area (Å²) in [6, 6.07) is 0. The molecule has 0 rings (SSSR count). The van der Waals surface area contributed by atoms with Crippen molar-refractivity contribution in [3.05, 3.63) is 0 Å². The molecule has 0 aliphatic rings. The molecule has 0 radical (unpaired) electrons. The first-order valence-corrected chi connectivity index (χ1v) is 12.0. The number of halogens is 34. The summed E-state index contributed by atoms with van der Waals surface area (Å²) in [5, 5.41) is 0. The highest BCUT2D eigenvalue weighted by atomic mass is 19.5. The third-order valence-electron chi connectivity index (χ3n) is 5.44. The second-order valence-corrected chi connectivity index (χ2v) is 9.73. The molecule has 0 aromatic rings. The topological polar surface area (TPSA) is 89.5 Å². The van der Waals surface area contributed by atoms with Crippen LogP contribution in [-0.4, -0.2) is 109 Å². The minimum Gasteiger partial charge on any atom is -0.262 e. The first kappa shape index (κ1) is 56.4. The van der Waals surface area contributed by atoms with Gasteiger partial charge in [0.25, 0.3) is 0 Å². The van der Waals surface area contributed by atoms with E-state index in [2.05, 4.69) is 0 Å². The number of ether oxygens (including phenoxy) is 4. The third-order valence-corrected chi connectivity index (χ3v) is 5.44. The van der Waals surface area contributed by atoms with E-state index in [0.29, 0.717) is 0 Å². The minimum atomic E-state index is -8.84. The van der Waals surface area contributed by atoms with E-state index < -0.39 is 109 Å². The lowest BCUT2D eigenvalue weighted by Crippen LogP contribution is -2.68. The highest BCUT2D eigenvalue weighted by Gasteiger charge is 2.88. The van der Waals surface area contributed by atoms with Crippen LogP contribution < -0.4 is 0 Å². The average molecular weight is 990 g/mol. The molecule has 0 spiro atoms. The van der Waals surface area contributed by atoms with Crippen LogP contribution in [0.3, 0.4) is 0 Å². The first-order chi connectivity index (χ1) is 25.4. The zero-order chi connectivity index (χ0) is 49.4. The van der Waals surface area contributed by atoms with E-state index in [4.69, 9.17) is 0 Å². The van der Waals surface area contributed by atoms with Crippen molar-refractivity contribution in [1.82, 2.24) is 0 Å². The van der Waals surface area contributed by atoms with Crippen LogP contribution in [0.25, 0.3) is 0 Å². The van der Waals surface area contributed by atoms with Gasteiger partial charge in [-0.05, 0) is 0 Å². The van der Waals surface area contributed by atoms with Crippen molar-refractivity contribution in [2.24, 2.45) is 0 Å². The highest BCUT2D eigenvalue weighted by molar-refractivity contribution is 5.82. The van der Waals surface area contributed by atoms with Gasteiger partial charge in [-0.25, -0.2) is 19.4 Å². The molecule has 0 amide bonds. The van der Waals surface area contributed by atoms with E-state index in [9.17, 15) is 159 Å². The summed E-state index contributed by atoms with van der Waals surface area (Å²) < 4.78 is 451. The van der Waals surface area contributed by atoms with Gasteiger partial charge in [-0.2, -0.15) is 149 Å². The summed E-state index contributed by atoms with van der Waals surface area (Å²) in [7, 11) is 0. The largest absolute Gasteiger partial charge is 0.462 e. The Hall–Kier alpha value is -3.60. The molecule has 0 aromatic carbocycles. The lowest BCUT2D eigenvalue weighted by molar-refractivity contribution is -0.550. The predicted molar refractivity (Wildman–Crippen MR) is 97.9 cm³/mol. The number of carbonyl (C=O) groups excluding carboxylic acids is 2. The van der Waals surface area contributed by atoms with E-state index in [-0.39, 0.29) is 0 Å². The molecule has 0 heterocycles. The van der Waals surface area contributed by atoms with Gasteiger partial charge in [0, 0.05) is 0 Å². The Morgan fingerprint density at radius 3 is 0.600 bits per heavy atom. The molecule has 60 heavy (non-hydrogen) atoms. The molecule has 0 saturated carbocycles. The highest BCUT2D eigenvalue weighted by Crippen LogP contribution is 2.59. The fourth-order valence-electron chi connectivity index (χ4n) is 2.47. The van der Waals surface area contributed by atoms with Crippen molar-refractivity contribution in [2.45, 2.75) is 96.8 Å². The van der Waals surface area contributed by atoms with Gasteiger partial charge in [-0.15, -0.1) is 0 Å². The Morgan fingerprint density at radius 1 is 0.250 bits per heavy atom. The van der Waals surface area contributed by atoms with Crippen LogP contribution in [0.4, 0.5) is 149 Å². The van der Waals surface area contributed by atoms with Gasteiger partial charge in [0.15, 0.2) is 0 Å². The molecule has 0 fully saturated rings. The monoisotopic (exact) mass is 990 g/mol. The lowest BCUT2D eigenvalue weighted by Gasteiger charge is -2.40. The second kappa shape index (κ2) is 15.0. The molecular weight excluding hydrogens is 990 g/mol. The van der Waals surface area contributed by atoms with Gasteiger partial charge < -0.3 is 0 Å². The van der Waals surface area contributed by atoms with Crippen molar-refractivity contribution in [2.75, 3.05) is 0 Å². The zero-order valence-corrected chi connectivity index (χ0v) is 25.1. The summed E-state index contributed by atoms with van der Waals surface area (Å²) in [6.07, 6.45) is -84.6. The standard InChI is InChI=1S/C18F34O8/c19-3(9(27,28)29,57-17(49,50)7(25,13(39,40)41)59-15(45,46)5(21,22)11(33,34)35)1(53)55-56-2(54)4(20,10(30,31)32)58-18(51,52)8(26,14(42,43)44)60-16(47,48)6(23,24)12(36,37)38. The van der Waals surface area contributed by atoms with Crippen LogP contribution in [0.2, 0.25) is 0 Å². The molecule has 8 nitrogen and oxygen atoms in total. The summed E-state index contributed by atoms with van der Waals surface area (Å²) in [6.45, 7) is 0. The molecule has 0 saturated heterocycles. The minimum absolute atomic E-state index is 0.959. The molecule has 4 unspecified atom stereocenters. The van der Waals surface area contributed by atoms with E-state index in [1.54, 1.807) is 9.78 Å². The SMILES string of the molecule is O=C(OOC(=O)C(F)(OC(F)(F)C(F)(OC(F)(F)C(F)(F)C(F)(F)F)C(F)(F)F)C(F)(F)F)C(F)(OC(F)(F)C(F)(OC(F)(F)C(F)(F)C(F)(F)F)C(F)(F)F)C(F)(F)F. The van der Waals surface area contributed by atoms with Crippen LogP contribution in [0, 0.1) is 0 Å². The fourth-order valence-corrected chi connectivity index (χ4v) is 2.47. The van der Waals surface area contributed by atoms with Crippen molar-refractivity contribution in [3.63, 3.8) is 0 Å². The van der Waals surface area contributed by atoms with E-state index >= 15 is 0 Å². The maximum Gasteiger partial charge on any atom is 0.462 e. The average Bonchev–Trinajstić information content (AvgIpc) is 2.94. The van der Waals surface area contributed by atoms with Crippen LogP contribution >= 0.6 is 0 Å². The van der Waals surface area contributed by atoms with Gasteiger partial charge >= 0.3 is 109 Å². The summed E-state index contributed by atoms with van der Waals surface area (Å²) in [5.41, 5.74) is 0. The number of carbonyl (C=O) groups is 2. The summed E-state index contributed by atoms with van der Waals surface area (Å²) >= 11 is 0. The number of alkyl halides is 34. The lowest BCUT2D eigenvalue weighted by atomic mass is 10.2. The molecule has 0 aromatic heterocycles. The smallest absolute Gasteiger partial charge is 0.262 e. The maximum absolute atomic E-state index is 14.4. The molecule has 0 bridgehead atoms. The first-order valence-electron chi connectivity index (χ1n) is 12.0. The van der Waals surface area contributed by atoms with Gasteiger partial charge in [0.1, 0.15) is 0 Å². The predicted octanol–water partition coefficient (Wildman–Crippen LogP) is 9.73. The van der Waals surface area contributed by atoms with Gasteiger partial charge in [0.2, 0.25) is 0 Å². The van der Waals surface area contributed by atoms with Gasteiger partial charge in [-0.1, -0.05) is 0 Å². The number of rotatable bonds is 14. The quantitative estimate of drug-likeness (QED) is 0.0967. The molecule has 0 N–H and O–H groups in total. The van der Waals surface area contributed by atoms with Gasteiger partial charge in [-0.3, -0.25) is 18.9 Å². The molecule has 0 aliphatic carbocycles. The van der Waals surface area contributed by atoms with Crippen molar-refractivity contribution in [3.8, 4) is 0 Å². The number of hydrogen-bond acceptors (Lipinski definition) is 8. The van der Waals surface area contributed by atoms with Crippen molar-refractivity contribution in [1.29, 1.82) is 0 Å². The van der Waals surface area contributed by atoms with Crippen LogP contribution in [-0.2, 0) is 38.3 Å². The molecule has 4 atom stereocenters. The van der Waals surface area contributed by atoms with Crippen molar-refractivity contribution >= 4 is 11.9 Å². The number of hydrogen-bond donors (Lipinski definition) is 0. The molecule has 42 heteroatoms. The van der Waals surface area contributed by atoms with Crippen LogP contribution in [0.15, 0.2) is 0 Å². The Morgan fingerprint density at radius 2 is 0.450 bits per heavy atom. The van der Waals surface area contributed by atoms with Gasteiger partial charge in [0.05, 0.1) is 0 Å². The Bertz CT molecular complexity index is 1440. The summed E-state index contributed by atoms with van der Waals surface area (Å²) in [4.78, 5) is 26.2. The maximum atomic E-state index is 14.4. The molecule has 0 aliphatic heterocycles.